The Labute approximate surface area is 150 Å². The van der Waals surface area contributed by atoms with Gasteiger partial charge in [-0.1, -0.05) is 57.1 Å². The van der Waals surface area contributed by atoms with Gasteiger partial charge in [0.25, 0.3) is 0 Å². The van der Waals surface area contributed by atoms with Gasteiger partial charge in [-0.25, -0.2) is 0 Å². The van der Waals surface area contributed by atoms with Crippen LogP contribution >= 0.6 is 0 Å². The van der Waals surface area contributed by atoms with Crippen LogP contribution in [0.15, 0.2) is 41.6 Å². The van der Waals surface area contributed by atoms with Crippen molar-refractivity contribution < 1.29 is 4.74 Å². The van der Waals surface area contributed by atoms with E-state index < -0.39 is 0 Å². The Morgan fingerprint density at radius 1 is 0.960 bits per heavy atom. The molecule has 0 saturated carbocycles. The van der Waals surface area contributed by atoms with Gasteiger partial charge in [0.2, 0.25) is 0 Å². The predicted molar refractivity (Wildman–Crippen MR) is 103 cm³/mol. The van der Waals surface area contributed by atoms with Crippen LogP contribution in [0.5, 0.6) is 5.75 Å². The van der Waals surface area contributed by atoms with E-state index >= 15 is 0 Å². The standard InChI is InChI=1S/C22H27NO2/c1-21(2)10-11-22(3,4)19-13-16(7-8-18(19)21)17-12-15(14-23-24)6-9-20(17)25-5/h6-9,12-13H,10-11,14H2,1-5H3. The summed E-state index contributed by atoms with van der Waals surface area (Å²) in [7, 11) is 1.68. The van der Waals surface area contributed by atoms with Gasteiger partial charge in [0.15, 0.2) is 0 Å². The van der Waals surface area contributed by atoms with Crippen LogP contribution in [0.4, 0.5) is 0 Å². The van der Waals surface area contributed by atoms with Gasteiger partial charge in [-0.05, 0) is 58.1 Å². The molecule has 0 aliphatic heterocycles. The van der Waals surface area contributed by atoms with E-state index in [1.54, 1.807) is 7.11 Å². The fourth-order valence-corrected chi connectivity index (χ4v) is 3.91. The summed E-state index contributed by atoms with van der Waals surface area (Å²) in [5, 5.41) is 3.02. The van der Waals surface area contributed by atoms with Gasteiger partial charge < -0.3 is 4.74 Å². The molecule has 0 atom stereocenters. The molecule has 3 nitrogen and oxygen atoms in total. The van der Waals surface area contributed by atoms with Crippen LogP contribution in [0.3, 0.4) is 0 Å². The average Bonchev–Trinajstić information content (AvgIpc) is 2.59. The SMILES string of the molecule is COc1ccc(CN=O)cc1-c1ccc2c(c1)C(C)(C)CCC2(C)C. The summed E-state index contributed by atoms with van der Waals surface area (Å²) in [6.45, 7) is 9.50. The second kappa shape index (κ2) is 6.29. The molecule has 0 radical (unpaired) electrons. The first-order valence-electron chi connectivity index (χ1n) is 8.90. The minimum absolute atomic E-state index is 0.163. The molecule has 0 bridgehead atoms. The molecule has 132 valence electrons. The van der Waals surface area contributed by atoms with Crippen LogP contribution in [-0.4, -0.2) is 7.11 Å². The number of benzene rings is 2. The number of ether oxygens (including phenoxy) is 1. The highest BCUT2D eigenvalue weighted by Gasteiger charge is 2.37. The van der Waals surface area contributed by atoms with Gasteiger partial charge in [-0.15, -0.1) is 0 Å². The molecule has 2 aromatic carbocycles. The smallest absolute Gasteiger partial charge is 0.126 e. The van der Waals surface area contributed by atoms with Gasteiger partial charge in [0, 0.05) is 5.56 Å². The van der Waals surface area contributed by atoms with E-state index in [4.69, 9.17) is 4.74 Å². The van der Waals surface area contributed by atoms with Gasteiger partial charge >= 0.3 is 0 Å². The summed E-state index contributed by atoms with van der Waals surface area (Å²) in [6.07, 6.45) is 2.39. The van der Waals surface area contributed by atoms with Crippen molar-refractivity contribution in [2.45, 2.75) is 57.9 Å². The molecule has 3 rings (SSSR count). The van der Waals surface area contributed by atoms with E-state index in [1.807, 2.05) is 18.2 Å². The first-order chi connectivity index (χ1) is 11.8. The first-order valence-corrected chi connectivity index (χ1v) is 8.90. The molecule has 0 amide bonds. The van der Waals surface area contributed by atoms with E-state index in [-0.39, 0.29) is 17.4 Å². The van der Waals surface area contributed by atoms with Gasteiger partial charge in [0.1, 0.15) is 12.3 Å². The van der Waals surface area contributed by atoms with Crippen LogP contribution in [0.2, 0.25) is 0 Å². The quantitative estimate of drug-likeness (QED) is 0.644. The molecule has 0 saturated heterocycles. The Morgan fingerprint density at radius 3 is 2.28 bits per heavy atom. The summed E-state index contributed by atoms with van der Waals surface area (Å²) in [5.41, 5.74) is 6.29. The Morgan fingerprint density at radius 2 is 1.64 bits per heavy atom. The van der Waals surface area contributed by atoms with Crippen LogP contribution in [0.25, 0.3) is 11.1 Å². The van der Waals surface area contributed by atoms with Crippen molar-refractivity contribution in [3.05, 3.63) is 58.0 Å². The molecular weight excluding hydrogens is 310 g/mol. The highest BCUT2D eigenvalue weighted by Crippen LogP contribution is 2.47. The van der Waals surface area contributed by atoms with E-state index in [1.165, 1.54) is 24.0 Å². The molecule has 0 N–H and O–H groups in total. The van der Waals surface area contributed by atoms with Gasteiger partial charge in [-0.3, -0.25) is 0 Å². The minimum atomic E-state index is 0.163. The van der Waals surface area contributed by atoms with Crippen molar-refractivity contribution in [2.24, 2.45) is 5.18 Å². The van der Waals surface area contributed by atoms with Gasteiger partial charge in [0.05, 0.1) is 7.11 Å². The second-order valence-corrected chi connectivity index (χ2v) is 8.35. The zero-order chi connectivity index (χ0) is 18.2. The maximum Gasteiger partial charge on any atom is 0.126 e. The van der Waals surface area contributed by atoms with E-state index in [0.717, 1.165) is 22.4 Å². The Bertz CT molecular complexity index is 806. The molecule has 1 aliphatic rings. The monoisotopic (exact) mass is 337 g/mol. The maximum absolute atomic E-state index is 10.6. The first kappa shape index (κ1) is 17.7. The van der Waals surface area contributed by atoms with Crippen molar-refractivity contribution >= 4 is 0 Å². The molecule has 1 aliphatic carbocycles. The van der Waals surface area contributed by atoms with E-state index in [2.05, 4.69) is 51.1 Å². The summed E-state index contributed by atoms with van der Waals surface area (Å²) in [6, 6.07) is 12.6. The van der Waals surface area contributed by atoms with Gasteiger partial charge in [-0.2, -0.15) is 4.91 Å². The lowest BCUT2D eigenvalue weighted by molar-refractivity contribution is 0.332. The van der Waals surface area contributed by atoms with Crippen molar-refractivity contribution in [1.29, 1.82) is 0 Å². The summed E-state index contributed by atoms with van der Waals surface area (Å²) in [4.78, 5) is 10.6. The summed E-state index contributed by atoms with van der Waals surface area (Å²) >= 11 is 0. The molecular formula is C22H27NO2. The number of hydrogen-bond donors (Lipinski definition) is 0. The molecule has 0 fully saturated rings. The lowest BCUT2D eigenvalue weighted by atomic mass is 9.63. The highest BCUT2D eigenvalue weighted by atomic mass is 16.5. The number of nitroso groups, excluding NO2 is 1. The summed E-state index contributed by atoms with van der Waals surface area (Å²) in [5.74, 6) is 0.822. The molecule has 3 heteroatoms. The third-order valence-electron chi connectivity index (χ3n) is 5.67. The Kier molecular flexibility index (Phi) is 4.44. The molecule has 0 unspecified atom stereocenters. The van der Waals surface area contributed by atoms with Crippen LogP contribution in [-0.2, 0) is 17.4 Å². The third-order valence-corrected chi connectivity index (χ3v) is 5.67. The Balaban J connectivity index is 2.17. The second-order valence-electron chi connectivity index (χ2n) is 8.35. The maximum atomic E-state index is 10.6. The number of hydrogen-bond acceptors (Lipinski definition) is 3. The van der Waals surface area contributed by atoms with Crippen LogP contribution < -0.4 is 4.74 Å². The number of fused-ring (bicyclic) bond motifs is 1. The van der Waals surface area contributed by atoms with Crippen LogP contribution in [0.1, 0.15) is 57.2 Å². The highest BCUT2D eigenvalue weighted by molar-refractivity contribution is 5.73. The minimum Gasteiger partial charge on any atom is -0.496 e. The fourth-order valence-electron chi connectivity index (χ4n) is 3.91. The summed E-state index contributed by atoms with van der Waals surface area (Å²) < 4.78 is 5.56. The van der Waals surface area contributed by atoms with Crippen LogP contribution in [0, 0.1) is 4.91 Å². The van der Waals surface area contributed by atoms with Crippen molar-refractivity contribution in [3.63, 3.8) is 0 Å². The Hall–Kier alpha value is -2.16. The molecule has 0 spiro atoms. The number of rotatable bonds is 4. The lowest BCUT2D eigenvalue weighted by Crippen LogP contribution is -2.33. The zero-order valence-corrected chi connectivity index (χ0v) is 15.8. The normalized spacial score (nSPS) is 17.6. The van der Waals surface area contributed by atoms with Crippen molar-refractivity contribution in [1.82, 2.24) is 0 Å². The number of methoxy groups -OCH3 is 1. The van der Waals surface area contributed by atoms with Crippen molar-refractivity contribution in [2.75, 3.05) is 7.11 Å². The zero-order valence-electron chi connectivity index (χ0n) is 15.8. The average molecular weight is 337 g/mol. The third kappa shape index (κ3) is 3.20. The lowest BCUT2D eigenvalue weighted by Gasteiger charge is -2.42. The topological polar surface area (TPSA) is 38.7 Å². The largest absolute Gasteiger partial charge is 0.496 e. The number of nitrogens with zero attached hydrogens (tertiary/aromatic N) is 1. The molecule has 0 heterocycles. The van der Waals surface area contributed by atoms with Crippen molar-refractivity contribution in [3.8, 4) is 16.9 Å². The predicted octanol–water partition coefficient (Wildman–Crippen LogP) is 5.98. The van der Waals surface area contributed by atoms with E-state index in [0.29, 0.717) is 0 Å². The molecule has 25 heavy (non-hydrogen) atoms. The molecule has 0 aromatic heterocycles. The fraction of sp³-hybridized carbons (Fsp3) is 0.455. The molecule has 2 aromatic rings. The van der Waals surface area contributed by atoms with E-state index in [9.17, 15) is 4.91 Å².